The maximum Gasteiger partial charge on any atom is 0.123 e. The number of hydrogen-bond acceptors (Lipinski definition) is 2. The standard InChI is InChI=1S/C54H37FN4/c55-39-23-27-41(28-24-39)59-50-30-22-38(33-46(50)52-42-13-5-4-10-34(42)20-31-51(52)59)37-21-29-49-45(32-37)43-14-7-9-17-48(43)58(49)40-25-18-36(19-26-40)54-56-47-16-8-6-15-44(47)53(57-54)35-11-2-1-3-12-35/h1-33,47,54,56-57H. The minimum atomic E-state index is -0.242. The van der Waals surface area contributed by atoms with Crippen LogP contribution in [0.2, 0.25) is 0 Å². The normalized spacial score (nSPS) is 16.4. The van der Waals surface area contributed by atoms with Crippen molar-refractivity contribution < 1.29 is 4.39 Å². The zero-order valence-corrected chi connectivity index (χ0v) is 32.0. The van der Waals surface area contributed by atoms with Crippen molar-refractivity contribution >= 4 is 60.1 Å². The second kappa shape index (κ2) is 13.3. The van der Waals surface area contributed by atoms with Gasteiger partial charge < -0.3 is 14.5 Å². The average Bonchev–Trinajstić information content (AvgIpc) is 3.82. The van der Waals surface area contributed by atoms with Crippen LogP contribution in [0.3, 0.4) is 0 Å². The summed E-state index contributed by atoms with van der Waals surface area (Å²) >= 11 is 0. The lowest BCUT2D eigenvalue weighted by atomic mass is 9.92. The molecule has 8 aromatic carbocycles. The third kappa shape index (κ3) is 5.39. The lowest BCUT2D eigenvalue weighted by Gasteiger charge is -2.36. The number of rotatable bonds is 5. The summed E-state index contributed by atoms with van der Waals surface area (Å²) < 4.78 is 18.7. The summed E-state index contributed by atoms with van der Waals surface area (Å²) in [5.41, 5.74) is 13.6. The molecule has 280 valence electrons. The van der Waals surface area contributed by atoms with Crippen molar-refractivity contribution in [3.05, 3.63) is 223 Å². The van der Waals surface area contributed by atoms with Gasteiger partial charge in [0, 0.05) is 38.6 Å². The molecule has 10 aromatic rings. The Morgan fingerprint density at radius 3 is 1.90 bits per heavy atom. The Hall–Kier alpha value is -7.47. The zero-order valence-electron chi connectivity index (χ0n) is 32.0. The molecule has 59 heavy (non-hydrogen) atoms. The number of benzene rings is 8. The van der Waals surface area contributed by atoms with Crippen molar-refractivity contribution in [3.8, 4) is 22.5 Å². The molecule has 0 saturated carbocycles. The van der Waals surface area contributed by atoms with Gasteiger partial charge in [0.15, 0.2) is 0 Å². The molecular weight excluding hydrogens is 724 g/mol. The van der Waals surface area contributed by atoms with Crippen LogP contribution >= 0.6 is 0 Å². The third-order valence-electron chi connectivity index (χ3n) is 12.2. The summed E-state index contributed by atoms with van der Waals surface area (Å²) in [5.74, 6) is -0.242. The molecule has 0 fully saturated rings. The zero-order chi connectivity index (χ0) is 39.0. The topological polar surface area (TPSA) is 33.9 Å². The molecule has 3 heterocycles. The van der Waals surface area contributed by atoms with E-state index >= 15 is 0 Å². The Bertz CT molecular complexity index is 3380. The van der Waals surface area contributed by atoms with Crippen LogP contribution in [0.25, 0.3) is 82.6 Å². The summed E-state index contributed by atoms with van der Waals surface area (Å²) in [5, 5.41) is 14.8. The summed E-state index contributed by atoms with van der Waals surface area (Å²) in [7, 11) is 0. The molecule has 1 aliphatic heterocycles. The second-order valence-electron chi connectivity index (χ2n) is 15.6. The van der Waals surface area contributed by atoms with Gasteiger partial charge in [-0.05, 0) is 111 Å². The van der Waals surface area contributed by atoms with Gasteiger partial charge in [0.2, 0.25) is 0 Å². The van der Waals surface area contributed by atoms with Crippen molar-refractivity contribution in [3.63, 3.8) is 0 Å². The molecule has 0 bridgehead atoms. The molecule has 5 heteroatoms. The number of nitrogens with zero attached hydrogens (tertiary/aromatic N) is 2. The molecule has 2 unspecified atom stereocenters. The summed E-state index contributed by atoms with van der Waals surface area (Å²) in [6.07, 6.45) is 8.62. The lowest BCUT2D eigenvalue weighted by molar-refractivity contribution is 0.460. The van der Waals surface area contributed by atoms with Crippen LogP contribution in [0.4, 0.5) is 4.39 Å². The minimum absolute atomic E-state index is 0.0510. The van der Waals surface area contributed by atoms with E-state index in [1.165, 1.54) is 66.7 Å². The van der Waals surface area contributed by atoms with Crippen molar-refractivity contribution in [1.82, 2.24) is 19.8 Å². The molecule has 2 aliphatic rings. The first-order valence-corrected chi connectivity index (χ1v) is 20.2. The van der Waals surface area contributed by atoms with Crippen molar-refractivity contribution in [1.29, 1.82) is 0 Å². The molecular formula is C54H37FN4. The van der Waals surface area contributed by atoms with Crippen LogP contribution in [0.15, 0.2) is 206 Å². The van der Waals surface area contributed by atoms with E-state index in [0.29, 0.717) is 0 Å². The molecule has 0 radical (unpaired) electrons. The van der Waals surface area contributed by atoms with Gasteiger partial charge in [0.25, 0.3) is 0 Å². The number of aromatic nitrogens is 2. The number of fused-ring (bicyclic) bond motifs is 9. The fraction of sp³-hybridized carbons (Fsp3) is 0.0370. The van der Waals surface area contributed by atoms with Crippen LogP contribution in [0.5, 0.6) is 0 Å². The Labute approximate surface area is 340 Å². The molecule has 2 atom stereocenters. The fourth-order valence-corrected chi connectivity index (χ4v) is 9.49. The second-order valence-corrected chi connectivity index (χ2v) is 15.6. The van der Waals surface area contributed by atoms with Crippen LogP contribution < -0.4 is 10.6 Å². The highest BCUT2D eigenvalue weighted by Gasteiger charge is 2.28. The van der Waals surface area contributed by atoms with E-state index in [1.807, 2.05) is 12.1 Å². The fourth-order valence-electron chi connectivity index (χ4n) is 9.49. The van der Waals surface area contributed by atoms with Gasteiger partial charge in [-0.25, -0.2) is 4.39 Å². The van der Waals surface area contributed by atoms with E-state index in [0.717, 1.165) is 44.7 Å². The molecule has 2 N–H and O–H groups in total. The van der Waals surface area contributed by atoms with Gasteiger partial charge in [-0.15, -0.1) is 0 Å². The van der Waals surface area contributed by atoms with Crippen LogP contribution in [0, 0.1) is 5.82 Å². The molecule has 12 rings (SSSR count). The molecule has 0 amide bonds. The Morgan fingerprint density at radius 2 is 1.10 bits per heavy atom. The highest BCUT2D eigenvalue weighted by Crippen LogP contribution is 2.41. The predicted octanol–water partition coefficient (Wildman–Crippen LogP) is 12.9. The number of allylic oxidation sites excluding steroid dienone is 2. The van der Waals surface area contributed by atoms with Crippen molar-refractivity contribution in [2.45, 2.75) is 12.2 Å². The number of nitrogens with one attached hydrogen (secondary N) is 2. The van der Waals surface area contributed by atoms with Gasteiger partial charge in [-0.1, -0.05) is 127 Å². The van der Waals surface area contributed by atoms with Crippen molar-refractivity contribution in [2.75, 3.05) is 0 Å². The highest BCUT2D eigenvalue weighted by atomic mass is 19.1. The Balaban J connectivity index is 0.952. The first kappa shape index (κ1) is 33.6. The highest BCUT2D eigenvalue weighted by molar-refractivity contribution is 6.22. The van der Waals surface area contributed by atoms with Gasteiger partial charge >= 0.3 is 0 Å². The van der Waals surface area contributed by atoms with Crippen molar-refractivity contribution in [2.24, 2.45) is 0 Å². The van der Waals surface area contributed by atoms with E-state index in [2.05, 4.69) is 196 Å². The number of halogens is 1. The summed E-state index contributed by atoms with van der Waals surface area (Å²) in [6.45, 7) is 0. The van der Waals surface area contributed by atoms with Crippen LogP contribution in [0.1, 0.15) is 17.3 Å². The Kier molecular flexibility index (Phi) is 7.59. The van der Waals surface area contributed by atoms with Crippen LogP contribution in [-0.4, -0.2) is 15.2 Å². The maximum absolute atomic E-state index is 14.1. The lowest BCUT2D eigenvalue weighted by Crippen LogP contribution is -2.45. The molecule has 0 saturated heterocycles. The van der Waals surface area contributed by atoms with E-state index in [4.69, 9.17) is 0 Å². The molecule has 4 nitrogen and oxygen atoms in total. The summed E-state index contributed by atoms with van der Waals surface area (Å²) in [6, 6.07) is 61.8. The first-order valence-electron chi connectivity index (χ1n) is 20.2. The van der Waals surface area contributed by atoms with Gasteiger partial charge in [0.1, 0.15) is 12.0 Å². The third-order valence-corrected chi connectivity index (χ3v) is 12.2. The summed E-state index contributed by atoms with van der Waals surface area (Å²) in [4.78, 5) is 0. The molecule has 1 aliphatic carbocycles. The molecule has 0 spiro atoms. The predicted molar refractivity (Wildman–Crippen MR) is 242 cm³/mol. The molecule has 2 aromatic heterocycles. The van der Waals surface area contributed by atoms with E-state index in [9.17, 15) is 4.39 Å². The Morgan fingerprint density at radius 1 is 0.475 bits per heavy atom. The first-order chi connectivity index (χ1) is 29.2. The number of para-hydroxylation sites is 1. The van der Waals surface area contributed by atoms with Gasteiger partial charge in [-0.2, -0.15) is 0 Å². The van der Waals surface area contributed by atoms with Gasteiger partial charge in [-0.3, -0.25) is 5.32 Å². The SMILES string of the molecule is Fc1ccc(-n2c3ccc(-c4ccc5c(c4)c4ccccc4n5-c4ccc(C5NC(c6ccccc6)=C6C=CC=CC6N5)cc4)cc3c3c4ccccc4ccc32)cc1. The smallest absolute Gasteiger partial charge is 0.123 e. The van der Waals surface area contributed by atoms with Crippen LogP contribution in [-0.2, 0) is 0 Å². The van der Waals surface area contributed by atoms with E-state index < -0.39 is 0 Å². The average molecular weight is 761 g/mol. The maximum atomic E-state index is 14.1. The monoisotopic (exact) mass is 760 g/mol. The minimum Gasteiger partial charge on any atom is -0.365 e. The quantitative estimate of drug-likeness (QED) is 0.183. The van der Waals surface area contributed by atoms with E-state index in [1.54, 1.807) is 0 Å². The largest absolute Gasteiger partial charge is 0.365 e. The van der Waals surface area contributed by atoms with Gasteiger partial charge in [0.05, 0.1) is 28.1 Å². The number of hydrogen-bond donors (Lipinski definition) is 2. The van der Waals surface area contributed by atoms with E-state index in [-0.39, 0.29) is 18.0 Å².